The number of aromatic nitrogens is 2. The molecule has 0 unspecified atom stereocenters. The molecule has 4 nitrogen and oxygen atoms in total. The summed E-state index contributed by atoms with van der Waals surface area (Å²) in [7, 11) is 0. The molecule has 55 heavy (non-hydrogen) atoms. The summed E-state index contributed by atoms with van der Waals surface area (Å²) < 4.78 is 9.42. The molecule has 0 atom stereocenters. The van der Waals surface area contributed by atoms with Crippen molar-refractivity contribution in [3.8, 4) is 33.9 Å². The van der Waals surface area contributed by atoms with Crippen molar-refractivity contribution >= 4 is 81.3 Å². The molecule has 0 radical (unpaired) electrons. The Kier molecular flexibility index (Phi) is 7.32. The molecule has 0 saturated carbocycles. The number of thiophene rings is 1. The Morgan fingerprint density at radius 2 is 1.09 bits per heavy atom. The highest BCUT2D eigenvalue weighted by Crippen LogP contribution is 2.46. The molecule has 8 aromatic carbocycles. The van der Waals surface area contributed by atoms with Gasteiger partial charge >= 0.3 is 0 Å². The van der Waals surface area contributed by atoms with Gasteiger partial charge in [0.1, 0.15) is 11.2 Å². The molecule has 5 heteroatoms. The van der Waals surface area contributed by atoms with Crippen LogP contribution in [0.4, 0.5) is 17.1 Å². The summed E-state index contributed by atoms with van der Waals surface area (Å²) in [6.45, 7) is 0. The fraction of sp³-hybridized carbons (Fsp3) is 0. The van der Waals surface area contributed by atoms with E-state index in [1.165, 1.54) is 20.2 Å². The number of fused-ring (bicyclic) bond motifs is 8. The first-order valence-corrected chi connectivity index (χ1v) is 19.2. The highest BCUT2D eigenvalue weighted by Gasteiger charge is 2.21. The summed E-state index contributed by atoms with van der Waals surface area (Å²) in [5.41, 5.74) is 9.75. The Labute approximate surface area is 321 Å². The number of hydrogen-bond acceptors (Lipinski definition) is 5. The smallest absolute Gasteiger partial charge is 0.160 e. The van der Waals surface area contributed by atoms with Crippen molar-refractivity contribution in [3.63, 3.8) is 0 Å². The molecule has 258 valence electrons. The van der Waals surface area contributed by atoms with Crippen molar-refractivity contribution in [1.82, 2.24) is 9.97 Å². The lowest BCUT2D eigenvalue weighted by molar-refractivity contribution is 0.673. The minimum atomic E-state index is 0.692. The number of para-hydroxylation sites is 1. The average molecular weight is 722 g/mol. The van der Waals surface area contributed by atoms with Crippen LogP contribution in [0.1, 0.15) is 0 Å². The minimum absolute atomic E-state index is 0.692. The Balaban J connectivity index is 1.12. The maximum absolute atomic E-state index is 6.88. The van der Waals surface area contributed by atoms with Crippen LogP contribution in [0.5, 0.6) is 0 Å². The molecule has 0 N–H and O–H groups in total. The topological polar surface area (TPSA) is 42.2 Å². The van der Waals surface area contributed by atoms with Gasteiger partial charge in [0.25, 0.3) is 0 Å². The minimum Gasteiger partial charge on any atom is -0.455 e. The van der Waals surface area contributed by atoms with Crippen molar-refractivity contribution < 1.29 is 4.42 Å². The van der Waals surface area contributed by atoms with Gasteiger partial charge < -0.3 is 9.32 Å². The predicted molar refractivity (Wildman–Crippen MR) is 231 cm³/mol. The number of anilines is 3. The van der Waals surface area contributed by atoms with Gasteiger partial charge in [-0.2, -0.15) is 0 Å². The first-order chi connectivity index (χ1) is 27.3. The van der Waals surface area contributed by atoms with Crippen LogP contribution < -0.4 is 4.90 Å². The molecule has 0 spiro atoms. The molecule has 0 aliphatic heterocycles. The predicted octanol–water partition coefficient (Wildman–Crippen LogP) is 14.4. The Hall–Kier alpha value is -7.08. The maximum Gasteiger partial charge on any atom is 0.160 e. The highest BCUT2D eigenvalue weighted by atomic mass is 32.1. The second kappa shape index (κ2) is 12.8. The van der Waals surface area contributed by atoms with E-state index < -0.39 is 0 Å². The highest BCUT2D eigenvalue weighted by molar-refractivity contribution is 7.26. The van der Waals surface area contributed by atoms with Crippen molar-refractivity contribution in [3.05, 3.63) is 188 Å². The van der Waals surface area contributed by atoms with Crippen molar-refractivity contribution in [2.45, 2.75) is 0 Å². The normalized spacial score (nSPS) is 11.6. The Morgan fingerprint density at radius 1 is 0.436 bits per heavy atom. The van der Waals surface area contributed by atoms with E-state index in [0.29, 0.717) is 5.82 Å². The molecule has 0 aliphatic carbocycles. The molecule has 0 fully saturated rings. The second-order valence-electron chi connectivity index (χ2n) is 13.7. The quantitative estimate of drug-likeness (QED) is 0.171. The van der Waals surface area contributed by atoms with Gasteiger partial charge in [0.15, 0.2) is 5.82 Å². The van der Waals surface area contributed by atoms with E-state index in [0.717, 1.165) is 77.9 Å². The molecular weight excluding hydrogens is 691 g/mol. The lowest BCUT2D eigenvalue weighted by atomic mass is 9.97. The molecular formula is C50H31N3OS. The monoisotopic (exact) mass is 721 g/mol. The second-order valence-corrected chi connectivity index (χ2v) is 14.8. The van der Waals surface area contributed by atoms with E-state index >= 15 is 0 Å². The van der Waals surface area contributed by atoms with Crippen LogP contribution in [0.25, 0.3) is 86.8 Å². The third-order valence-electron chi connectivity index (χ3n) is 10.5. The van der Waals surface area contributed by atoms with Gasteiger partial charge in [-0.3, -0.25) is 0 Å². The summed E-state index contributed by atoms with van der Waals surface area (Å²) in [5, 5.41) is 6.77. The average Bonchev–Trinajstić information content (AvgIpc) is 3.83. The van der Waals surface area contributed by atoms with Crippen LogP contribution in [0.3, 0.4) is 0 Å². The maximum atomic E-state index is 6.88. The third kappa shape index (κ3) is 5.28. The van der Waals surface area contributed by atoms with E-state index in [1.807, 2.05) is 35.6 Å². The Morgan fingerprint density at radius 3 is 1.89 bits per heavy atom. The Bertz CT molecular complexity index is 3150. The van der Waals surface area contributed by atoms with Gasteiger partial charge in [-0.25, -0.2) is 9.97 Å². The van der Waals surface area contributed by atoms with Crippen LogP contribution >= 0.6 is 11.3 Å². The van der Waals surface area contributed by atoms with E-state index in [2.05, 4.69) is 169 Å². The third-order valence-corrected chi connectivity index (χ3v) is 11.7. The fourth-order valence-electron chi connectivity index (χ4n) is 7.91. The van der Waals surface area contributed by atoms with Crippen LogP contribution in [0, 0.1) is 0 Å². The number of rotatable bonds is 6. The zero-order valence-electron chi connectivity index (χ0n) is 29.6. The van der Waals surface area contributed by atoms with Gasteiger partial charge in [0, 0.05) is 65.8 Å². The van der Waals surface area contributed by atoms with Crippen molar-refractivity contribution in [2.24, 2.45) is 0 Å². The molecule has 0 saturated heterocycles. The standard InChI is InChI=1S/C50H31N3OS/c1-4-15-32(16-5-1)43-31-44(52-50(51-43)33-17-6-2-7-18-33)41-30-42-37-28-27-35(29-46(37)54-48(42)39-23-11-10-21-36(39)41)53(34-19-8-3-9-20-34)45-25-14-24-40-38-22-12-13-26-47(38)55-49(40)45/h1-31H. The van der Waals surface area contributed by atoms with Crippen molar-refractivity contribution in [1.29, 1.82) is 0 Å². The molecule has 0 bridgehead atoms. The van der Waals surface area contributed by atoms with Crippen molar-refractivity contribution in [2.75, 3.05) is 4.90 Å². The lowest BCUT2D eigenvalue weighted by Gasteiger charge is -2.26. The summed E-state index contributed by atoms with van der Waals surface area (Å²) in [4.78, 5) is 12.6. The van der Waals surface area contributed by atoms with Gasteiger partial charge in [-0.15, -0.1) is 11.3 Å². The number of nitrogens with zero attached hydrogens (tertiary/aromatic N) is 3. The largest absolute Gasteiger partial charge is 0.455 e. The van der Waals surface area contributed by atoms with Gasteiger partial charge in [-0.1, -0.05) is 133 Å². The number of benzene rings is 8. The number of hydrogen-bond donors (Lipinski definition) is 0. The van der Waals surface area contributed by atoms with Gasteiger partial charge in [-0.05, 0) is 53.9 Å². The van der Waals surface area contributed by atoms with Gasteiger partial charge in [0.2, 0.25) is 0 Å². The fourth-order valence-corrected chi connectivity index (χ4v) is 9.12. The lowest BCUT2D eigenvalue weighted by Crippen LogP contribution is -2.09. The van der Waals surface area contributed by atoms with E-state index in [1.54, 1.807) is 0 Å². The summed E-state index contributed by atoms with van der Waals surface area (Å²) in [5.74, 6) is 0.692. The summed E-state index contributed by atoms with van der Waals surface area (Å²) in [6.07, 6.45) is 0. The van der Waals surface area contributed by atoms with Crippen LogP contribution in [0.15, 0.2) is 192 Å². The van der Waals surface area contributed by atoms with E-state index in [-0.39, 0.29) is 0 Å². The van der Waals surface area contributed by atoms with Gasteiger partial charge in [0.05, 0.1) is 21.8 Å². The zero-order valence-corrected chi connectivity index (χ0v) is 30.4. The summed E-state index contributed by atoms with van der Waals surface area (Å²) >= 11 is 1.84. The van der Waals surface area contributed by atoms with Crippen LogP contribution in [0.2, 0.25) is 0 Å². The van der Waals surface area contributed by atoms with Crippen LogP contribution in [-0.2, 0) is 0 Å². The van der Waals surface area contributed by atoms with Crippen LogP contribution in [-0.4, -0.2) is 9.97 Å². The first kappa shape index (κ1) is 31.4. The number of furan rings is 1. The first-order valence-electron chi connectivity index (χ1n) is 18.4. The molecule has 0 amide bonds. The van der Waals surface area contributed by atoms with E-state index in [4.69, 9.17) is 14.4 Å². The summed E-state index contributed by atoms with van der Waals surface area (Å²) in [6, 6.07) is 65.9. The molecule has 11 rings (SSSR count). The SMILES string of the molecule is c1ccc(-c2cc(-c3cc4c5ccc(N(c6ccccc6)c6cccc7c6sc6ccccc67)cc5oc4c4ccccc34)nc(-c3ccccc3)n2)cc1. The molecule has 3 aromatic heterocycles. The molecule has 0 aliphatic rings. The zero-order chi connectivity index (χ0) is 36.3. The molecule has 3 heterocycles. The van der Waals surface area contributed by atoms with E-state index in [9.17, 15) is 0 Å². The molecule has 11 aromatic rings.